The fourth-order valence-electron chi connectivity index (χ4n) is 5.30. The van der Waals surface area contributed by atoms with Gasteiger partial charge in [-0.25, -0.2) is 0 Å². The highest BCUT2D eigenvalue weighted by atomic mass is 16.5. The first-order chi connectivity index (χ1) is 15.3. The van der Waals surface area contributed by atoms with Crippen LogP contribution in [0, 0.1) is 5.92 Å². The first kappa shape index (κ1) is 22.6. The minimum atomic E-state index is 0.276. The van der Waals surface area contributed by atoms with E-state index in [0.29, 0.717) is 6.04 Å². The molecule has 3 heterocycles. The van der Waals surface area contributed by atoms with E-state index in [1.54, 1.807) is 0 Å². The number of rotatable bonds is 7. The van der Waals surface area contributed by atoms with E-state index < -0.39 is 0 Å². The number of morpholine rings is 1. The minimum absolute atomic E-state index is 0.276. The van der Waals surface area contributed by atoms with Gasteiger partial charge in [0.05, 0.1) is 18.8 Å². The van der Waals surface area contributed by atoms with Crippen molar-refractivity contribution in [1.82, 2.24) is 20.0 Å². The second kappa shape index (κ2) is 11.3. The molecule has 31 heavy (non-hydrogen) atoms. The summed E-state index contributed by atoms with van der Waals surface area (Å²) in [5.41, 5.74) is 1.39. The van der Waals surface area contributed by atoms with E-state index in [9.17, 15) is 0 Å². The Morgan fingerprint density at radius 3 is 2.65 bits per heavy atom. The van der Waals surface area contributed by atoms with Crippen molar-refractivity contribution in [2.75, 3.05) is 59.0 Å². The van der Waals surface area contributed by atoms with Gasteiger partial charge in [0.1, 0.15) is 0 Å². The molecule has 1 N–H and O–H groups in total. The molecule has 2 atom stereocenters. The van der Waals surface area contributed by atoms with Crippen LogP contribution in [0.5, 0.6) is 0 Å². The molecule has 0 saturated carbocycles. The summed E-state index contributed by atoms with van der Waals surface area (Å²) in [6.45, 7) is 14.8. The maximum Gasteiger partial charge on any atom is 0.194 e. The SMILES string of the molecule is CCCN1CCC(CN=C(NCC)N2CC3OCCN(Cc4ccccc4)C3C2)CC1. The first-order valence-electron chi connectivity index (χ1n) is 12.4. The van der Waals surface area contributed by atoms with E-state index in [0.717, 1.165) is 57.8 Å². The van der Waals surface area contributed by atoms with E-state index in [1.807, 2.05) is 0 Å². The molecular weight excluding hydrogens is 386 g/mol. The van der Waals surface area contributed by atoms with Crippen molar-refractivity contribution >= 4 is 5.96 Å². The lowest BCUT2D eigenvalue weighted by Gasteiger charge is -2.36. The van der Waals surface area contributed by atoms with Gasteiger partial charge in [-0.1, -0.05) is 37.3 Å². The number of benzene rings is 1. The number of hydrogen-bond acceptors (Lipinski definition) is 4. The molecule has 1 aromatic rings. The van der Waals surface area contributed by atoms with E-state index >= 15 is 0 Å². The van der Waals surface area contributed by atoms with E-state index in [2.05, 4.69) is 64.2 Å². The van der Waals surface area contributed by atoms with E-state index in [4.69, 9.17) is 9.73 Å². The fourth-order valence-corrected chi connectivity index (χ4v) is 5.30. The van der Waals surface area contributed by atoms with Crippen LogP contribution >= 0.6 is 0 Å². The van der Waals surface area contributed by atoms with Crippen molar-refractivity contribution < 1.29 is 4.74 Å². The zero-order valence-corrected chi connectivity index (χ0v) is 19.5. The Bertz CT molecular complexity index is 688. The van der Waals surface area contributed by atoms with Crippen LogP contribution in [0.3, 0.4) is 0 Å². The quantitative estimate of drug-likeness (QED) is 0.535. The van der Waals surface area contributed by atoms with Gasteiger partial charge in [0.2, 0.25) is 0 Å². The summed E-state index contributed by atoms with van der Waals surface area (Å²) in [7, 11) is 0. The van der Waals surface area contributed by atoms with E-state index in [1.165, 1.54) is 44.5 Å². The lowest BCUT2D eigenvalue weighted by molar-refractivity contribution is -0.0502. The third-order valence-corrected chi connectivity index (χ3v) is 7.03. The summed E-state index contributed by atoms with van der Waals surface area (Å²) in [5, 5.41) is 3.56. The average molecular weight is 428 g/mol. The van der Waals surface area contributed by atoms with Crippen LogP contribution in [-0.4, -0.2) is 91.8 Å². The molecular formula is C25H41N5O. The normalized spacial score (nSPS) is 26.3. The van der Waals surface area contributed by atoms with Gasteiger partial charge in [0, 0.05) is 39.3 Å². The van der Waals surface area contributed by atoms with Crippen molar-refractivity contribution in [2.24, 2.45) is 10.9 Å². The molecule has 0 aliphatic carbocycles. The molecule has 3 saturated heterocycles. The Balaban J connectivity index is 1.35. The van der Waals surface area contributed by atoms with Gasteiger partial charge < -0.3 is 19.9 Å². The number of piperidine rings is 1. The number of guanidine groups is 1. The van der Waals surface area contributed by atoms with Crippen molar-refractivity contribution in [1.29, 1.82) is 0 Å². The van der Waals surface area contributed by atoms with Gasteiger partial charge >= 0.3 is 0 Å². The Labute approximate surface area is 188 Å². The maximum atomic E-state index is 6.19. The van der Waals surface area contributed by atoms with Gasteiger partial charge in [0.25, 0.3) is 0 Å². The van der Waals surface area contributed by atoms with Crippen molar-refractivity contribution in [3.63, 3.8) is 0 Å². The highest BCUT2D eigenvalue weighted by Gasteiger charge is 2.41. The molecule has 0 amide bonds. The smallest absolute Gasteiger partial charge is 0.194 e. The first-order valence-corrected chi connectivity index (χ1v) is 12.4. The van der Waals surface area contributed by atoms with Crippen LogP contribution in [0.1, 0.15) is 38.7 Å². The van der Waals surface area contributed by atoms with Gasteiger partial charge in [0.15, 0.2) is 5.96 Å². The van der Waals surface area contributed by atoms with Crippen molar-refractivity contribution in [3.8, 4) is 0 Å². The number of hydrogen-bond donors (Lipinski definition) is 1. The molecule has 172 valence electrons. The Hall–Kier alpha value is -1.63. The monoisotopic (exact) mass is 427 g/mol. The van der Waals surface area contributed by atoms with Gasteiger partial charge in [-0.15, -0.1) is 0 Å². The third-order valence-electron chi connectivity index (χ3n) is 7.03. The lowest BCUT2D eigenvalue weighted by Crippen LogP contribution is -2.50. The summed E-state index contributed by atoms with van der Waals surface area (Å²) in [6.07, 6.45) is 4.09. The predicted octanol–water partition coefficient (Wildman–Crippen LogP) is 2.66. The molecule has 0 bridgehead atoms. The summed E-state index contributed by atoms with van der Waals surface area (Å²) >= 11 is 0. The Morgan fingerprint density at radius 1 is 1.10 bits per heavy atom. The third kappa shape index (κ3) is 5.99. The molecule has 6 nitrogen and oxygen atoms in total. The van der Waals surface area contributed by atoms with Crippen LogP contribution in [0.25, 0.3) is 0 Å². The number of aliphatic imine (C=N–C) groups is 1. The molecule has 1 aromatic carbocycles. The molecule has 3 aliphatic rings. The maximum absolute atomic E-state index is 6.19. The Kier molecular flexibility index (Phi) is 8.22. The minimum Gasteiger partial charge on any atom is -0.373 e. The second-order valence-electron chi connectivity index (χ2n) is 9.32. The number of nitrogens with zero attached hydrogens (tertiary/aromatic N) is 4. The number of fused-ring (bicyclic) bond motifs is 1. The second-order valence-corrected chi connectivity index (χ2v) is 9.32. The summed E-state index contributed by atoms with van der Waals surface area (Å²) in [6, 6.07) is 11.3. The van der Waals surface area contributed by atoms with Gasteiger partial charge in [-0.05, 0) is 57.3 Å². The predicted molar refractivity (Wildman–Crippen MR) is 127 cm³/mol. The highest BCUT2D eigenvalue weighted by Crippen LogP contribution is 2.25. The molecule has 4 rings (SSSR count). The largest absolute Gasteiger partial charge is 0.373 e. The van der Waals surface area contributed by atoms with Crippen molar-refractivity contribution in [3.05, 3.63) is 35.9 Å². The molecule has 6 heteroatoms. The van der Waals surface area contributed by atoms with Crippen LogP contribution in [0.2, 0.25) is 0 Å². The molecule has 2 unspecified atom stereocenters. The standard InChI is InChI=1S/C25H41N5O/c1-3-12-28-13-10-21(11-14-28)17-27-25(26-4-2)30-19-23-24(20-30)31-16-15-29(23)18-22-8-6-5-7-9-22/h5-9,21,23-24H,3-4,10-20H2,1-2H3,(H,26,27). The molecule has 0 aromatic heterocycles. The van der Waals surface area contributed by atoms with Crippen molar-refractivity contribution in [2.45, 2.75) is 51.8 Å². The number of likely N-dealkylation sites (tertiary alicyclic amines) is 2. The van der Waals surface area contributed by atoms with Crippen LogP contribution in [0.15, 0.2) is 35.3 Å². The summed E-state index contributed by atoms with van der Waals surface area (Å²) in [4.78, 5) is 12.7. The number of ether oxygens (including phenoxy) is 1. The fraction of sp³-hybridized carbons (Fsp3) is 0.720. The number of nitrogens with one attached hydrogen (secondary N) is 1. The average Bonchev–Trinajstić information content (AvgIpc) is 3.24. The molecule has 0 spiro atoms. The molecule has 3 aliphatic heterocycles. The molecule has 3 fully saturated rings. The van der Waals surface area contributed by atoms with Crippen LogP contribution in [-0.2, 0) is 11.3 Å². The summed E-state index contributed by atoms with van der Waals surface area (Å²) in [5.74, 6) is 1.80. The zero-order valence-electron chi connectivity index (χ0n) is 19.5. The van der Waals surface area contributed by atoms with E-state index in [-0.39, 0.29) is 6.10 Å². The topological polar surface area (TPSA) is 43.3 Å². The highest BCUT2D eigenvalue weighted by molar-refractivity contribution is 5.80. The van der Waals surface area contributed by atoms with Gasteiger partial charge in [-0.2, -0.15) is 0 Å². The Morgan fingerprint density at radius 2 is 1.90 bits per heavy atom. The van der Waals surface area contributed by atoms with Crippen LogP contribution < -0.4 is 5.32 Å². The zero-order chi connectivity index (χ0) is 21.5. The summed E-state index contributed by atoms with van der Waals surface area (Å²) < 4.78 is 6.19. The lowest BCUT2D eigenvalue weighted by atomic mass is 9.97. The molecule has 0 radical (unpaired) electrons. The van der Waals surface area contributed by atoms with Gasteiger partial charge in [-0.3, -0.25) is 9.89 Å². The van der Waals surface area contributed by atoms with Crippen LogP contribution in [0.4, 0.5) is 0 Å².